The molecule has 1 aliphatic heterocycles. The molecule has 1 heterocycles. The molecule has 0 aromatic heterocycles. The number of hydrogen-bond acceptors (Lipinski definition) is 3. The van der Waals surface area contributed by atoms with Crippen LogP contribution in [0.2, 0.25) is 0 Å². The molecular weight excluding hydrogens is 360 g/mol. The van der Waals surface area contributed by atoms with Gasteiger partial charge in [-0.25, -0.2) is 4.90 Å². The lowest BCUT2D eigenvalue weighted by Crippen LogP contribution is -2.32. The normalized spacial score (nSPS) is 14.0. The van der Waals surface area contributed by atoms with Gasteiger partial charge in [0.1, 0.15) is 5.70 Å². The quantitative estimate of drug-likeness (QED) is 0.646. The van der Waals surface area contributed by atoms with Gasteiger partial charge in [-0.2, -0.15) is 0 Å². The van der Waals surface area contributed by atoms with Crippen LogP contribution in [0, 0.1) is 20.8 Å². The molecule has 3 aromatic rings. The smallest absolute Gasteiger partial charge is 0.282 e. The molecule has 1 N–H and O–H groups in total. The van der Waals surface area contributed by atoms with Crippen molar-refractivity contribution in [2.45, 2.75) is 20.8 Å². The van der Waals surface area contributed by atoms with Crippen molar-refractivity contribution in [3.05, 3.63) is 101 Å². The summed E-state index contributed by atoms with van der Waals surface area (Å²) >= 11 is 0. The molecule has 0 saturated carbocycles. The zero-order chi connectivity index (χ0) is 20.5. The lowest BCUT2D eigenvalue weighted by molar-refractivity contribution is -0.120. The molecule has 4 heteroatoms. The van der Waals surface area contributed by atoms with E-state index in [0.29, 0.717) is 17.0 Å². The van der Waals surface area contributed by atoms with E-state index in [2.05, 4.69) is 5.32 Å². The fourth-order valence-corrected chi connectivity index (χ4v) is 3.43. The number of nitrogens with zero attached hydrogens (tertiary/aromatic N) is 1. The Balaban J connectivity index is 1.82. The average Bonchev–Trinajstić information content (AvgIpc) is 2.93. The molecule has 0 spiro atoms. The molecule has 1 aliphatic rings. The van der Waals surface area contributed by atoms with Crippen LogP contribution in [0.15, 0.2) is 78.5 Å². The number of aryl methyl sites for hydroxylation is 3. The summed E-state index contributed by atoms with van der Waals surface area (Å²) in [7, 11) is 0. The average molecular weight is 382 g/mol. The van der Waals surface area contributed by atoms with Crippen LogP contribution < -0.4 is 10.2 Å². The van der Waals surface area contributed by atoms with Gasteiger partial charge in [0.25, 0.3) is 11.8 Å². The number of carbonyl (C=O) groups is 2. The molecule has 3 aromatic carbocycles. The molecule has 4 rings (SSSR count). The number of nitrogens with one attached hydrogen (secondary N) is 1. The fourth-order valence-electron chi connectivity index (χ4n) is 3.43. The Morgan fingerprint density at radius 1 is 0.690 bits per heavy atom. The molecule has 2 amide bonds. The van der Waals surface area contributed by atoms with E-state index in [1.165, 1.54) is 4.90 Å². The molecule has 0 saturated heterocycles. The predicted octanol–water partition coefficient (Wildman–Crippen LogP) is 5.01. The van der Waals surface area contributed by atoms with Crippen LogP contribution in [0.3, 0.4) is 0 Å². The van der Waals surface area contributed by atoms with E-state index in [1.807, 2.05) is 81.4 Å². The number of imide groups is 1. The Bertz CT molecular complexity index is 1130. The lowest BCUT2D eigenvalue weighted by Gasteiger charge is -2.15. The van der Waals surface area contributed by atoms with Crippen LogP contribution in [0.25, 0.3) is 5.57 Å². The van der Waals surface area contributed by atoms with Crippen LogP contribution in [-0.2, 0) is 9.59 Å². The summed E-state index contributed by atoms with van der Waals surface area (Å²) < 4.78 is 0. The van der Waals surface area contributed by atoms with E-state index < -0.39 is 0 Å². The van der Waals surface area contributed by atoms with E-state index >= 15 is 0 Å². The summed E-state index contributed by atoms with van der Waals surface area (Å²) in [4.78, 5) is 27.9. The topological polar surface area (TPSA) is 49.4 Å². The van der Waals surface area contributed by atoms with E-state index in [-0.39, 0.29) is 11.8 Å². The number of benzene rings is 3. The first-order valence-electron chi connectivity index (χ1n) is 9.54. The largest absolute Gasteiger partial charge is 0.350 e. The minimum absolute atomic E-state index is 0.296. The fraction of sp³-hybridized carbons (Fsp3) is 0.120. The highest BCUT2D eigenvalue weighted by Crippen LogP contribution is 2.34. The van der Waals surface area contributed by atoms with Gasteiger partial charge in [-0.3, -0.25) is 9.59 Å². The SMILES string of the molecule is Cc1ccc(C2=C(Nc3cccc(C)c3)C(=O)N(c3ccc(C)cc3)C2=O)cc1. The third-order valence-electron chi connectivity index (χ3n) is 5.00. The van der Waals surface area contributed by atoms with Crippen molar-refractivity contribution in [3.8, 4) is 0 Å². The molecule has 0 radical (unpaired) electrons. The molecule has 0 aliphatic carbocycles. The van der Waals surface area contributed by atoms with Gasteiger partial charge >= 0.3 is 0 Å². The summed E-state index contributed by atoms with van der Waals surface area (Å²) in [6.07, 6.45) is 0. The third kappa shape index (κ3) is 3.57. The second-order valence-electron chi connectivity index (χ2n) is 7.39. The first-order valence-corrected chi connectivity index (χ1v) is 9.54. The van der Waals surface area contributed by atoms with Gasteiger partial charge in [0.05, 0.1) is 11.3 Å². The van der Waals surface area contributed by atoms with Crippen LogP contribution in [0.5, 0.6) is 0 Å². The highest BCUT2D eigenvalue weighted by molar-refractivity contribution is 6.46. The van der Waals surface area contributed by atoms with Crippen molar-refractivity contribution in [2.24, 2.45) is 0 Å². The van der Waals surface area contributed by atoms with Crippen LogP contribution in [0.1, 0.15) is 22.3 Å². The zero-order valence-electron chi connectivity index (χ0n) is 16.7. The summed E-state index contributed by atoms with van der Waals surface area (Å²) in [5, 5.41) is 3.20. The molecule has 0 bridgehead atoms. The van der Waals surface area contributed by atoms with Gasteiger partial charge in [-0.1, -0.05) is 59.7 Å². The van der Waals surface area contributed by atoms with Gasteiger partial charge in [0, 0.05) is 5.69 Å². The minimum Gasteiger partial charge on any atom is -0.350 e. The molecule has 144 valence electrons. The van der Waals surface area contributed by atoms with Gasteiger partial charge < -0.3 is 5.32 Å². The lowest BCUT2D eigenvalue weighted by atomic mass is 10.0. The molecule has 0 atom stereocenters. The highest BCUT2D eigenvalue weighted by Gasteiger charge is 2.40. The second kappa shape index (κ2) is 7.40. The first-order chi connectivity index (χ1) is 13.9. The Labute approximate surface area is 170 Å². The second-order valence-corrected chi connectivity index (χ2v) is 7.39. The standard InChI is InChI=1S/C25H22N2O2/c1-16-7-11-19(12-8-16)22-23(26-20-6-4-5-18(3)15-20)25(29)27(24(22)28)21-13-9-17(2)10-14-21/h4-15,26H,1-3H3. The number of amides is 2. The number of carbonyl (C=O) groups excluding carboxylic acids is 2. The van der Waals surface area contributed by atoms with Crippen molar-refractivity contribution in [1.82, 2.24) is 0 Å². The van der Waals surface area contributed by atoms with Gasteiger partial charge in [-0.05, 0) is 56.2 Å². The highest BCUT2D eigenvalue weighted by atomic mass is 16.2. The van der Waals surface area contributed by atoms with E-state index in [9.17, 15) is 9.59 Å². The number of rotatable bonds is 4. The van der Waals surface area contributed by atoms with Crippen LogP contribution in [0.4, 0.5) is 11.4 Å². The first kappa shape index (κ1) is 18.7. The molecule has 0 unspecified atom stereocenters. The summed E-state index contributed by atoms with van der Waals surface area (Å²) in [5.74, 6) is -0.672. The van der Waals surface area contributed by atoms with Crippen molar-refractivity contribution in [1.29, 1.82) is 0 Å². The molecule has 0 fully saturated rings. The Kier molecular flexibility index (Phi) is 4.77. The third-order valence-corrected chi connectivity index (χ3v) is 5.00. The maximum absolute atomic E-state index is 13.4. The molecular formula is C25H22N2O2. The number of hydrogen-bond donors (Lipinski definition) is 1. The summed E-state index contributed by atoms with van der Waals surface area (Å²) in [6, 6.07) is 22.8. The minimum atomic E-state index is -0.351. The van der Waals surface area contributed by atoms with E-state index in [0.717, 1.165) is 27.9 Å². The van der Waals surface area contributed by atoms with Gasteiger partial charge in [0.15, 0.2) is 0 Å². The Morgan fingerprint density at radius 3 is 1.93 bits per heavy atom. The summed E-state index contributed by atoms with van der Waals surface area (Å²) in [6.45, 7) is 5.95. The van der Waals surface area contributed by atoms with Crippen LogP contribution in [-0.4, -0.2) is 11.8 Å². The van der Waals surface area contributed by atoms with Crippen molar-refractivity contribution >= 4 is 28.8 Å². The number of anilines is 2. The summed E-state index contributed by atoms with van der Waals surface area (Å²) in [5.41, 5.74) is 5.97. The van der Waals surface area contributed by atoms with Crippen molar-refractivity contribution in [2.75, 3.05) is 10.2 Å². The maximum Gasteiger partial charge on any atom is 0.282 e. The monoisotopic (exact) mass is 382 g/mol. The molecule has 4 nitrogen and oxygen atoms in total. The van der Waals surface area contributed by atoms with E-state index in [1.54, 1.807) is 12.1 Å². The Morgan fingerprint density at radius 2 is 1.31 bits per heavy atom. The van der Waals surface area contributed by atoms with Crippen molar-refractivity contribution < 1.29 is 9.59 Å². The maximum atomic E-state index is 13.4. The van der Waals surface area contributed by atoms with Gasteiger partial charge in [0.2, 0.25) is 0 Å². The Hall–Kier alpha value is -3.66. The van der Waals surface area contributed by atoms with Crippen molar-refractivity contribution in [3.63, 3.8) is 0 Å². The molecule has 29 heavy (non-hydrogen) atoms. The van der Waals surface area contributed by atoms with E-state index in [4.69, 9.17) is 0 Å². The van der Waals surface area contributed by atoms with Gasteiger partial charge in [-0.15, -0.1) is 0 Å². The predicted molar refractivity (Wildman–Crippen MR) is 117 cm³/mol. The zero-order valence-corrected chi connectivity index (χ0v) is 16.7. The van der Waals surface area contributed by atoms with Crippen LogP contribution >= 0.6 is 0 Å².